The molecule has 1 saturated carbocycles. The molecule has 3 heteroatoms. The first-order valence-corrected chi connectivity index (χ1v) is 6.96. The van der Waals surface area contributed by atoms with Crippen molar-refractivity contribution in [3.8, 4) is 0 Å². The summed E-state index contributed by atoms with van der Waals surface area (Å²) in [6.45, 7) is 9.54. The van der Waals surface area contributed by atoms with E-state index in [9.17, 15) is 0 Å². The molecule has 0 aromatic rings. The third-order valence-electron chi connectivity index (χ3n) is 4.56. The molecule has 1 saturated heterocycles. The Morgan fingerprint density at radius 1 is 1.19 bits per heavy atom. The van der Waals surface area contributed by atoms with Crippen molar-refractivity contribution in [2.24, 2.45) is 5.73 Å². The second kappa shape index (κ2) is 5.48. The lowest BCUT2D eigenvalue weighted by molar-refractivity contribution is 0.0696. The summed E-state index contributed by atoms with van der Waals surface area (Å²) in [6, 6.07) is 1.87. The Morgan fingerprint density at radius 2 is 1.88 bits per heavy atom. The van der Waals surface area contributed by atoms with Gasteiger partial charge in [-0.2, -0.15) is 0 Å². The van der Waals surface area contributed by atoms with Gasteiger partial charge in [0.1, 0.15) is 0 Å². The van der Waals surface area contributed by atoms with E-state index in [1.807, 2.05) is 0 Å². The van der Waals surface area contributed by atoms with E-state index in [0.29, 0.717) is 12.1 Å². The summed E-state index contributed by atoms with van der Waals surface area (Å²) >= 11 is 0. The highest BCUT2D eigenvalue weighted by Gasteiger charge is 2.31. The average molecular weight is 225 g/mol. The summed E-state index contributed by atoms with van der Waals surface area (Å²) in [7, 11) is 0. The minimum Gasteiger partial charge on any atom is -0.326 e. The van der Waals surface area contributed by atoms with Crippen molar-refractivity contribution in [1.29, 1.82) is 0 Å². The first kappa shape index (κ1) is 12.3. The van der Waals surface area contributed by atoms with E-state index >= 15 is 0 Å². The topological polar surface area (TPSA) is 32.5 Å². The van der Waals surface area contributed by atoms with Gasteiger partial charge in [0.25, 0.3) is 0 Å². The van der Waals surface area contributed by atoms with Crippen LogP contribution in [0.2, 0.25) is 0 Å². The minimum atomic E-state index is 0.440. The Morgan fingerprint density at radius 3 is 2.38 bits per heavy atom. The number of rotatable bonds is 3. The molecular formula is C13H27N3. The SMILES string of the molecule is CCC(C)N1CCN(C2CCCC2N)CC1. The summed E-state index contributed by atoms with van der Waals surface area (Å²) in [5.74, 6) is 0. The van der Waals surface area contributed by atoms with Crippen molar-refractivity contribution in [1.82, 2.24) is 9.80 Å². The van der Waals surface area contributed by atoms with E-state index in [-0.39, 0.29) is 0 Å². The molecule has 2 N–H and O–H groups in total. The molecule has 3 nitrogen and oxygen atoms in total. The lowest BCUT2D eigenvalue weighted by Gasteiger charge is -2.41. The lowest BCUT2D eigenvalue weighted by atomic mass is 10.1. The second-order valence-corrected chi connectivity index (χ2v) is 5.49. The fraction of sp³-hybridized carbons (Fsp3) is 1.00. The number of nitrogens with two attached hydrogens (primary N) is 1. The molecule has 16 heavy (non-hydrogen) atoms. The van der Waals surface area contributed by atoms with Crippen molar-refractivity contribution in [3.63, 3.8) is 0 Å². The van der Waals surface area contributed by atoms with Crippen LogP contribution in [0.4, 0.5) is 0 Å². The van der Waals surface area contributed by atoms with Gasteiger partial charge in [-0.3, -0.25) is 9.80 Å². The Bertz CT molecular complexity index is 211. The maximum Gasteiger partial charge on any atom is 0.0248 e. The molecule has 0 radical (unpaired) electrons. The normalized spacial score (nSPS) is 35.4. The Balaban J connectivity index is 1.80. The van der Waals surface area contributed by atoms with Crippen molar-refractivity contribution in [3.05, 3.63) is 0 Å². The molecule has 1 heterocycles. The maximum absolute atomic E-state index is 6.18. The molecule has 2 rings (SSSR count). The van der Waals surface area contributed by atoms with Gasteiger partial charge in [0.2, 0.25) is 0 Å². The molecule has 94 valence electrons. The Hall–Kier alpha value is -0.120. The van der Waals surface area contributed by atoms with E-state index in [4.69, 9.17) is 5.73 Å². The van der Waals surface area contributed by atoms with E-state index in [2.05, 4.69) is 23.6 Å². The first-order chi connectivity index (χ1) is 7.72. The van der Waals surface area contributed by atoms with E-state index in [1.165, 1.54) is 51.9 Å². The van der Waals surface area contributed by atoms with Gasteiger partial charge in [-0.1, -0.05) is 13.3 Å². The zero-order chi connectivity index (χ0) is 11.5. The Labute approximate surface area is 100.0 Å². The molecule has 1 aliphatic heterocycles. The van der Waals surface area contributed by atoms with Crippen LogP contribution in [0.5, 0.6) is 0 Å². The largest absolute Gasteiger partial charge is 0.326 e. The van der Waals surface area contributed by atoms with Crippen LogP contribution in [0, 0.1) is 0 Å². The molecule has 2 aliphatic rings. The predicted molar refractivity (Wildman–Crippen MR) is 68.5 cm³/mol. The lowest BCUT2D eigenvalue weighted by Crippen LogP contribution is -2.55. The van der Waals surface area contributed by atoms with Gasteiger partial charge in [0.15, 0.2) is 0 Å². The Kier molecular flexibility index (Phi) is 4.22. The van der Waals surface area contributed by atoms with Crippen LogP contribution in [0.15, 0.2) is 0 Å². The van der Waals surface area contributed by atoms with Crippen molar-refractivity contribution < 1.29 is 0 Å². The van der Waals surface area contributed by atoms with Gasteiger partial charge >= 0.3 is 0 Å². The minimum absolute atomic E-state index is 0.440. The summed E-state index contributed by atoms with van der Waals surface area (Å²) in [5, 5.41) is 0. The van der Waals surface area contributed by atoms with Gasteiger partial charge in [-0.05, 0) is 26.2 Å². The molecule has 0 aromatic carbocycles. The first-order valence-electron chi connectivity index (χ1n) is 6.96. The number of hydrogen-bond donors (Lipinski definition) is 1. The second-order valence-electron chi connectivity index (χ2n) is 5.49. The van der Waals surface area contributed by atoms with Crippen LogP contribution in [-0.2, 0) is 0 Å². The molecule has 0 bridgehead atoms. The van der Waals surface area contributed by atoms with Crippen LogP contribution in [0.25, 0.3) is 0 Å². The fourth-order valence-corrected chi connectivity index (χ4v) is 3.19. The van der Waals surface area contributed by atoms with Crippen molar-refractivity contribution >= 4 is 0 Å². The smallest absolute Gasteiger partial charge is 0.0248 e. The van der Waals surface area contributed by atoms with Crippen LogP contribution in [-0.4, -0.2) is 54.1 Å². The fourth-order valence-electron chi connectivity index (χ4n) is 3.19. The van der Waals surface area contributed by atoms with E-state index in [1.54, 1.807) is 0 Å². The van der Waals surface area contributed by atoms with Gasteiger partial charge < -0.3 is 5.73 Å². The zero-order valence-corrected chi connectivity index (χ0v) is 10.9. The third kappa shape index (κ3) is 2.58. The van der Waals surface area contributed by atoms with Crippen LogP contribution in [0.3, 0.4) is 0 Å². The van der Waals surface area contributed by atoms with E-state index in [0.717, 1.165) is 6.04 Å². The highest BCUT2D eigenvalue weighted by atomic mass is 15.3. The number of piperazine rings is 1. The monoisotopic (exact) mass is 225 g/mol. The number of nitrogens with zero attached hydrogens (tertiary/aromatic N) is 2. The van der Waals surface area contributed by atoms with Crippen LogP contribution < -0.4 is 5.73 Å². The highest BCUT2D eigenvalue weighted by molar-refractivity contribution is 4.90. The maximum atomic E-state index is 6.18. The molecule has 3 atom stereocenters. The van der Waals surface area contributed by atoms with Gasteiger partial charge in [-0.25, -0.2) is 0 Å². The molecule has 2 fully saturated rings. The van der Waals surface area contributed by atoms with Crippen molar-refractivity contribution in [2.45, 2.75) is 57.7 Å². The molecule has 0 spiro atoms. The van der Waals surface area contributed by atoms with Crippen molar-refractivity contribution in [2.75, 3.05) is 26.2 Å². The van der Waals surface area contributed by atoms with E-state index < -0.39 is 0 Å². The summed E-state index contributed by atoms with van der Waals surface area (Å²) in [5.41, 5.74) is 6.18. The molecule has 3 unspecified atom stereocenters. The molecule has 0 amide bonds. The van der Waals surface area contributed by atoms with Crippen LogP contribution >= 0.6 is 0 Å². The summed E-state index contributed by atoms with van der Waals surface area (Å²) < 4.78 is 0. The predicted octanol–water partition coefficient (Wildman–Crippen LogP) is 1.28. The van der Waals surface area contributed by atoms with Crippen LogP contribution in [0.1, 0.15) is 39.5 Å². The molecule has 0 aromatic heterocycles. The quantitative estimate of drug-likeness (QED) is 0.785. The van der Waals surface area contributed by atoms with Gasteiger partial charge in [0.05, 0.1) is 0 Å². The van der Waals surface area contributed by atoms with Gasteiger partial charge in [-0.15, -0.1) is 0 Å². The number of hydrogen-bond acceptors (Lipinski definition) is 3. The molecule has 1 aliphatic carbocycles. The molecular weight excluding hydrogens is 198 g/mol. The zero-order valence-electron chi connectivity index (χ0n) is 10.9. The third-order valence-corrected chi connectivity index (χ3v) is 4.56. The average Bonchev–Trinajstić information content (AvgIpc) is 2.75. The summed E-state index contributed by atoms with van der Waals surface area (Å²) in [6.07, 6.45) is 5.15. The van der Waals surface area contributed by atoms with Gasteiger partial charge in [0, 0.05) is 44.3 Å². The summed E-state index contributed by atoms with van der Waals surface area (Å²) in [4.78, 5) is 5.26. The highest BCUT2D eigenvalue weighted by Crippen LogP contribution is 2.24. The standard InChI is InChI=1S/C13H27N3/c1-3-11(2)15-7-9-16(10-8-15)13-6-4-5-12(13)14/h11-13H,3-10,14H2,1-2H3.